The van der Waals surface area contributed by atoms with Crippen molar-refractivity contribution in [3.05, 3.63) is 54.1 Å². The number of ether oxygens (including phenoxy) is 1. The molecular formula is C19H22N2O4S. The van der Waals surface area contributed by atoms with Crippen molar-refractivity contribution in [3.63, 3.8) is 0 Å². The highest BCUT2D eigenvalue weighted by molar-refractivity contribution is 7.91. The second-order valence-electron chi connectivity index (χ2n) is 6.40. The van der Waals surface area contributed by atoms with Crippen LogP contribution in [-0.4, -0.2) is 33.0 Å². The second-order valence-corrected chi connectivity index (χ2v) is 8.35. The minimum Gasteiger partial charge on any atom is -0.489 e. The zero-order chi connectivity index (χ0) is 18.7. The Morgan fingerprint density at radius 3 is 2.65 bits per heavy atom. The van der Waals surface area contributed by atoms with E-state index in [1.807, 2.05) is 0 Å². The van der Waals surface area contributed by atoms with E-state index in [-0.39, 0.29) is 15.9 Å². The van der Waals surface area contributed by atoms with Crippen molar-refractivity contribution in [1.29, 1.82) is 0 Å². The van der Waals surface area contributed by atoms with Crippen molar-refractivity contribution in [1.82, 2.24) is 5.32 Å². The third-order valence-electron chi connectivity index (χ3n) is 4.51. The third-order valence-corrected chi connectivity index (χ3v) is 6.28. The van der Waals surface area contributed by atoms with Gasteiger partial charge in [-0.2, -0.15) is 0 Å². The number of primary amides is 1. The molecular weight excluding hydrogens is 352 g/mol. The van der Waals surface area contributed by atoms with Gasteiger partial charge < -0.3 is 15.8 Å². The van der Waals surface area contributed by atoms with Crippen molar-refractivity contribution in [2.75, 3.05) is 6.54 Å². The summed E-state index contributed by atoms with van der Waals surface area (Å²) < 4.78 is 31.5. The van der Waals surface area contributed by atoms with Crippen LogP contribution in [0.5, 0.6) is 5.75 Å². The largest absolute Gasteiger partial charge is 0.489 e. The summed E-state index contributed by atoms with van der Waals surface area (Å²) >= 11 is 0. The molecule has 0 spiro atoms. The monoisotopic (exact) mass is 374 g/mol. The van der Waals surface area contributed by atoms with E-state index in [9.17, 15) is 13.2 Å². The molecule has 7 heteroatoms. The average Bonchev–Trinajstić information content (AvgIpc) is 2.66. The number of carbonyl (C=O) groups excluding carboxylic acids is 1. The highest BCUT2D eigenvalue weighted by Gasteiger charge is 2.24. The number of amides is 1. The fraction of sp³-hybridized carbons (Fsp3) is 0.316. The molecule has 1 aliphatic rings. The van der Waals surface area contributed by atoms with E-state index in [4.69, 9.17) is 10.5 Å². The van der Waals surface area contributed by atoms with Crippen molar-refractivity contribution in [3.8, 4) is 5.75 Å². The summed E-state index contributed by atoms with van der Waals surface area (Å²) in [5.41, 5.74) is 6.22. The summed E-state index contributed by atoms with van der Waals surface area (Å²) in [5.74, 6) is 0.157. The summed E-state index contributed by atoms with van der Waals surface area (Å²) in [4.78, 5) is 11.6. The molecule has 26 heavy (non-hydrogen) atoms. The van der Waals surface area contributed by atoms with Crippen molar-refractivity contribution < 1.29 is 17.9 Å². The van der Waals surface area contributed by atoms with Gasteiger partial charge in [0.25, 0.3) is 0 Å². The van der Waals surface area contributed by atoms with Gasteiger partial charge in [0, 0.05) is 6.54 Å². The molecule has 0 radical (unpaired) electrons. The highest BCUT2D eigenvalue weighted by atomic mass is 32.2. The van der Waals surface area contributed by atoms with Crippen LogP contribution in [0.3, 0.4) is 0 Å². The minimum atomic E-state index is -3.58. The Hall–Kier alpha value is -2.38. The highest BCUT2D eigenvalue weighted by Crippen LogP contribution is 2.32. The Bertz CT molecular complexity index is 897. The smallest absolute Gasteiger partial charge is 0.234 e. The maximum Gasteiger partial charge on any atom is 0.234 e. The second kappa shape index (κ2) is 7.47. The van der Waals surface area contributed by atoms with Crippen molar-refractivity contribution in [2.24, 2.45) is 5.73 Å². The molecule has 3 rings (SSSR count). The number of hydrogen-bond acceptors (Lipinski definition) is 5. The molecule has 2 aromatic rings. The van der Waals surface area contributed by atoms with Gasteiger partial charge in [-0.1, -0.05) is 24.3 Å². The summed E-state index contributed by atoms with van der Waals surface area (Å²) in [5, 5.41) is 3.04. The van der Waals surface area contributed by atoms with Crippen molar-refractivity contribution >= 4 is 15.7 Å². The van der Waals surface area contributed by atoms with Crippen LogP contribution < -0.4 is 15.8 Å². The fourth-order valence-electron chi connectivity index (χ4n) is 2.86. The van der Waals surface area contributed by atoms with Gasteiger partial charge in [0.15, 0.2) is 0 Å². The molecule has 0 saturated heterocycles. The molecule has 0 aromatic heterocycles. The SMILES string of the molecule is CC(NCC1CCc2ccc(S(=O)(=O)c3ccccc3)cc2O1)C(N)=O. The molecule has 2 aromatic carbocycles. The number of aryl methyl sites for hydroxylation is 1. The Morgan fingerprint density at radius 2 is 1.96 bits per heavy atom. The number of carbonyl (C=O) groups is 1. The van der Waals surface area contributed by atoms with E-state index < -0.39 is 21.8 Å². The van der Waals surface area contributed by atoms with Crippen LogP contribution in [0.25, 0.3) is 0 Å². The van der Waals surface area contributed by atoms with Crippen LogP contribution in [0, 0.1) is 0 Å². The minimum absolute atomic E-state index is 0.140. The third kappa shape index (κ3) is 3.89. The molecule has 1 heterocycles. The maximum absolute atomic E-state index is 12.8. The number of sulfone groups is 1. The van der Waals surface area contributed by atoms with E-state index in [1.54, 1.807) is 55.5 Å². The van der Waals surface area contributed by atoms with E-state index in [0.29, 0.717) is 12.3 Å². The zero-order valence-electron chi connectivity index (χ0n) is 14.5. The van der Waals surface area contributed by atoms with E-state index >= 15 is 0 Å². The van der Waals surface area contributed by atoms with Gasteiger partial charge in [-0.05, 0) is 49.6 Å². The molecule has 3 N–H and O–H groups in total. The lowest BCUT2D eigenvalue weighted by Gasteiger charge is -2.27. The van der Waals surface area contributed by atoms with Gasteiger partial charge in [-0.15, -0.1) is 0 Å². The Balaban J connectivity index is 1.79. The van der Waals surface area contributed by atoms with Gasteiger partial charge in [0.2, 0.25) is 15.7 Å². The quantitative estimate of drug-likeness (QED) is 0.801. The van der Waals surface area contributed by atoms with E-state index in [0.717, 1.165) is 18.4 Å². The number of fused-ring (bicyclic) bond motifs is 1. The molecule has 0 aliphatic carbocycles. The zero-order valence-corrected chi connectivity index (χ0v) is 15.3. The first kappa shape index (κ1) is 18.4. The van der Waals surface area contributed by atoms with Gasteiger partial charge in [0.05, 0.1) is 15.8 Å². The summed E-state index contributed by atoms with van der Waals surface area (Å²) in [6.07, 6.45) is 1.44. The Morgan fingerprint density at radius 1 is 1.23 bits per heavy atom. The van der Waals surface area contributed by atoms with Gasteiger partial charge in [-0.3, -0.25) is 4.79 Å². The topological polar surface area (TPSA) is 98.5 Å². The predicted octanol–water partition coefficient (Wildman–Crippen LogP) is 1.68. The normalized spacial score (nSPS) is 17.8. The number of nitrogens with two attached hydrogens (primary N) is 1. The molecule has 138 valence electrons. The Labute approximate surface area is 153 Å². The summed E-state index contributed by atoms with van der Waals surface area (Å²) in [6, 6.07) is 12.9. The number of nitrogens with one attached hydrogen (secondary N) is 1. The van der Waals surface area contributed by atoms with Gasteiger partial charge >= 0.3 is 0 Å². The average molecular weight is 374 g/mol. The predicted molar refractivity (Wildman–Crippen MR) is 97.7 cm³/mol. The first-order valence-corrected chi connectivity index (χ1v) is 9.98. The van der Waals surface area contributed by atoms with Gasteiger partial charge in [0.1, 0.15) is 11.9 Å². The first-order valence-electron chi connectivity index (χ1n) is 8.50. The molecule has 2 unspecified atom stereocenters. The van der Waals surface area contributed by atoms with Crippen LogP contribution in [0.1, 0.15) is 18.9 Å². The van der Waals surface area contributed by atoms with E-state index in [1.165, 1.54) is 0 Å². The van der Waals surface area contributed by atoms with Crippen LogP contribution in [0.15, 0.2) is 58.3 Å². The van der Waals surface area contributed by atoms with Gasteiger partial charge in [-0.25, -0.2) is 8.42 Å². The summed E-state index contributed by atoms with van der Waals surface area (Å²) in [7, 11) is -3.58. The van der Waals surface area contributed by atoms with Crippen LogP contribution in [-0.2, 0) is 21.1 Å². The first-order chi connectivity index (χ1) is 12.4. The number of rotatable bonds is 6. The number of benzene rings is 2. The van der Waals surface area contributed by atoms with Crippen LogP contribution in [0.4, 0.5) is 0 Å². The maximum atomic E-state index is 12.8. The molecule has 1 aliphatic heterocycles. The molecule has 1 amide bonds. The molecule has 0 fully saturated rings. The lowest BCUT2D eigenvalue weighted by molar-refractivity contribution is -0.119. The van der Waals surface area contributed by atoms with E-state index in [2.05, 4.69) is 5.32 Å². The molecule has 0 saturated carbocycles. The lowest BCUT2D eigenvalue weighted by Crippen LogP contribution is -2.44. The number of hydrogen-bond donors (Lipinski definition) is 2. The lowest BCUT2D eigenvalue weighted by atomic mass is 10.0. The standard InChI is InChI=1S/C19H22N2O4S/c1-13(19(20)22)21-12-15-9-7-14-8-10-17(11-18(14)25-15)26(23,24)16-5-3-2-4-6-16/h2-6,8,10-11,13,15,21H,7,9,12H2,1H3,(H2,20,22). The van der Waals surface area contributed by atoms with Crippen molar-refractivity contribution in [2.45, 2.75) is 41.7 Å². The fourth-order valence-corrected chi connectivity index (χ4v) is 4.16. The van der Waals surface area contributed by atoms with Crippen LogP contribution >= 0.6 is 0 Å². The molecule has 2 atom stereocenters. The van der Waals surface area contributed by atoms with Crippen LogP contribution in [0.2, 0.25) is 0 Å². The Kier molecular flexibility index (Phi) is 5.29. The summed E-state index contributed by atoms with van der Waals surface area (Å²) in [6.45, 7) is 2.17. The molecule has 6 nitrogen and oxygen atoms in total. The molecule has 0 bridgehead atoms.